The van der Waals surface area contributed by atoms with E-state index in [9.17, 15) is 26.3 Å². The quantitative estimate of drug-likeness (QED) is 0.179. The molecule has 4 aromatic rings. The molecule has 0 saturated carbocycles. The second-order valence-electron chi connectivity index (χ2n) is 19.7. The van der Waals surface area contributed by atoms with Gasteiger partial charge in [0.25, 0.3) is 0 Å². The topological polar surface area (TPSA) is 0 Å². The van der Waals surface area contributed by atoms with Crippen molar-refractivity contribution in [3.8, 4) is 11.1 Å². The minimum atomic E-state index is -4.63. The summed E-state index contributed by atoms with van der Waals surface area (Å²) in [5.74, 6) is 0. The zero-order valence-corrected chi connectivity index (χ0v) is 39.6. The van der Waals surface area contributed by atoms with Crippen LogP contribution in [-0.4, -0.2) is 3.21 Å². The normalized spacial score (nSPS) is 14.7. The predicted octanol–water partition coefficient (Wildman–Crippen LogP) is 15.6. The van der Waals surface area contributed by atoms with E-state index in [-0.39, 0.29) is 50.1 Å². The largest absolute Gasteiger partial charge is 0.147 e. The van der Waals surface area contributed by atoms with E-state index >= 15 is 0 Å². The van der Waals surface area contributed by atoms with E-state index in [2.05, 4.69) is 120 Å². The van der Waals surface area contributed by atoms with E-state index < -0.39 is 44.7 Å². The van der Waals surface area contributed by atoms with Crippen molar-refractivity contribution in [1.29, 1.82) is 0 Å². The van der Waals surface area contributed by atoms with E-state index in [0.29, 0.717) is 20.8 Å². The maximum absolute atomic E-state index is 14.5. The zero-order chi connectivity index (χ0) is 41.6. The summed E-state index contributed by atoms with van der Waals surface area (Å²) in [7, 11) is 0. The van der Waals surface area contributed by atoms with Crippen molar-refractivity contribution in [3.63, 3.8) is 0 Å². The van der Waals surface area contributed by atoms with Crippen LogP contribution in [0.4, 0.5) is 26.3 Å². The second kappa shape index (κ2) is 16.3. The van der Waals surface area contributed by atoms with E-state index in [1.807, 2.05) is 6.08 Å². The summed E-state index contributed by atoms with van der Waals surface area (Å²) >= 11 is -3.73. The molecule has 0 aromatic heterocycles. The first kappa shape index (κ1) is 47.9. The van der Waals surface area contributed by atoms with Crippen LogP contribution in [0.2, 0.25) is 0 Å². The average molecular weight is 921 g/mol. The number of alkyl halides is 6. The Labute approximate surface area is 361 Å². The number of allylic oxidation sites excluding steroid dienone is 4. The molecule has 0 nitrogen and oxygen atoms in total. The molecule has 0 atom stereocenters. The zero-order valence-electron chi connectivity index (χ0n) is 35.5. The van der Waals surface area contributed by atoms with Crippen LogP contribution in [0.15, 0.2) is 94.3 Å². The molecule has 0 heterocycles. The van der Waals surface area contributed by atoms with Crippen LogP contribution in [0.5, 0.6) is 0 Å². The van der Waals surface area contributed by atoms with Crippen molar-refractivity contribution < 1.29 is 47.6 Å². The predicted molar refractivity (Wildman–Crippen MR) is 231 cm³/mol. The molecule has 0 saturated heterocycles. The molecule has 2 aliphatic carbocycles. The maximum Gasteiger partial charge on any atom is -0.147 e. The molecule has 0 aliphatic heterocycles. The Morgan fingerprint density at radius 1 is 0.517 bits per heavy atom. The van der Waals surface area contributed by atoms with Crippen LogP contribution < -0.4 is 0 Å². The Morgan fingerprint density at radius 3 is 1.19 bits per heavy atom. The van der Waals surface area contributed by atoms with Gasteiger partial charge in [0.15, 0.2) is 0 Å². The molecular weight excluding hydrogens is 865 g/mol. The van der Waals surface area contributed by atoms with E-state index in [0.717, 1.165) is 49.8 Å². The summed E-state index contributed by atoms with van der Waals surface area (Å²) in [4.78, 5) is 0. The molecule has 58 heavy (non-hydrogen) atoms. The first-order valence-corrected chi connectivity index (χ1v) is 23.3. The van der Waals surface area contributed by atoms with Gasteiger partial charge in [-0.25, -0.2) is 0 Å². The number of benzene rings is 4. The fourth-order valence-electron chi connectivity index (χ4n) is 8.45. The summed E-state index contributed by atoms with van der Waals surface area (Å²) in [5.41, 5.74) is 7.53. The minimum Gasteiger partial charge on any atom is -0.147 e. The summed E-state index contributed by atoms with van der Waals surface area (Å²) < 4.78 is 88.4. The Bertz CT molecular complexity index is 2160. The van der Waals surface area contributed by atoms with Gasteiger partial charge in [-0.1, -0.05) is 0 Å². The standard InChI is InChI=1S/C29H41.C15H8F6.C5H5.2ClH.Zr/c1-26(2,3)22-14-18-13-19-15-23(27(4,5)6)25(29(10,11)12)17-21(19)20(18)16-24(22)28(7,8)9;16-14(17,18)12-5-1-3-10(8-12)7-11-4-2-6-13(9-11)15(19,20)21;1-2-4-5-3-1;;;/h13-17H,1-12H3;1-6,8-9H;1-3H,4H2;2*1H;. The number of hydrogen-bond donors (Lipinski definition) is 0. The third kappa shape index (κ3) is 9.43. The van der Waals surface area contributed by atoms with Gasteiger partial charge < -0.3 is 0 Å². The van der Waals surface area contributed by atoms with Gasteiger partial charge in [0.1, 0.15) is 0 Å². The summed E-state index contributed by atoms with van der Waals surface area (Å²) in [6, 6.07) is 19.9. The number of halogens is 8. The maximum atomic E-state index is 14.5. The molecule has 9 heteroatoms. The first-order chi connectivity index (χ1) is 25.6. The first-order valence-electron chi connectivity index (χ1n) is 19.4. The van der Waals surface area contributed by atoms with E-state index in [1.165, 1.54) is 34.4 Å². The number of rotatable bonds is 4. The van der Waals surface area contributed by atoms with Gasteiger partial charge in [0.2, 0.25) is 0 Å². The molecule has 312 valence electrons. The van der Waals surface area contributed by atoms with Crippen LogP contribution in [0.3, 0.4) is 0 Å². The Balaban J connectivity index is 0.00000372. The van der Waals surface area contributed by atoms with Crippen LogP contribution in [-0.2, 0) is 55.3 Å². The SMILES string of the molecule is CC(C)(C)c1cc2c(cc1C(C)(C)C)[CH]([Zr]([C]1=CC=CC1)=[C](c1cccc(C(F)(F)F)c1)c1cccc(C(F)(F)F)c1)c1cc(C(C)(C)C)c(C(C)(C)C)cc1-2.Cl.Cl. The smallest absolute Gasteiger partial charge is 0.147 e. The molecule has 0 fully saturated rings. The molecule has 0 radical (unpaired) electrons. The van der Waals surface area contributed by atoms with Crippen molar-refractivity contribution in [2.75, 3.05) is 0 Å². The van der Waals surface area contributed by atoms with Crippen molar-refractivity contribution in [1.82, 2.24) is 0 Å². The molecule has 0 bridgehead atoms. The van der Waals surface area contributed by atoms with Crippen LogP contribution >= 0.6 is 24.8 Å². The van der Waals surface area contributed by atoms with Crippen molar-refractivity contribution >= 4 is 28.0 Å². The average Bonchev–Trinajstić information content (AvgIpc) is 3.70. The molecule has 6 rings (SSSR count). The van der Waals surface area contributed by atoms with Crippen molar-refractivity contribution in [3.05, 3.63) is 150 Å². The van der Waals surface area contributed by atoms with Gasteiger partial charge in [-0.05, 0) is 0 Å². The third-order valence-corrected chi connectivity index (χ3v) is 19.5. The molecule has 0 N–H and O–H groups in total. The Kier molecular flexibility index (Phi) is 13.5. The molecule has 0 unspecified atom stereocenters. The Hall–Kier alpha value is -2.73. The molecule has 4 aromatic carbocycles. The van der Waals surface area contributed by atoms with Gasteiger partial charge in [-0.2, -0.15) is 0 Å². The molecule has 2 aliphatic rings. The summed E-state index contributed by atoms with van der Waals surface area (Å²) in [5, 5.41) is 0. The molecular formula is C49H56Cl2F6Zr. The van der Waals surface area contributed by atoms with E-state index in [1.54, 1.807) is 12.1 Å². The van der Waals surface area contributed by atoms with Crippen molar-refractivity contribution in [2.24, 2.45) is 0 Å². The third-order valence-electron chi connectivity index (χ3n) is 11.2. The summed E-state index contributed by atoms with van der Waals surface area (Å²) in [6.07, 6.45) is -2.50. The summed E-state index contributed by atoms with van der Waals surface area (Å²) in [6.45, 7) is 26.6. The van der Waals surface area contributed by atoms with E-state index in [4.69, 9.17) is 0 Å². The fourth-order valence-corrected chi connectivity index (χ4v) is 17.4. The Morgan fingerprint density at radius 2 is 0.879 bits per heavy atom. The van der Waals surface area contributed by atoms with Crippen molar-refractivity contribution in [2.45, 2.75) is 127 Å². The van der Waals surface area contributed by atoms with Gasteiger partial charge in [0.05, 0.1) is 0 Å². The second-order valence-corrected chi connectivity index (χ2v) is 25.9. The number of fused-ring (bicyclic) bond motifs is 3. The van der Waals surface area contributed by atoms with Crippen LogP contribution in [0, 0.1) is 0 Å². The fraction of sp³-hybridized carbons (Fsp3) is 0.408. The van der Waals surface area contributed by atoms with Crippen LogP contribution in [0.1, 0.15) is 149 Å². The number of hydrogen-bond acceptors (Lipinski definition) is 0. The minimum absolute atomic E-state index is 0. The van der Waals surface area contributed by atoms with Gasteiger partial charge in [-0.15, -0.1) is 24.8 Å². The van der Waals surface area contributed by atoms with Gasteiger partial charge in [0, 0.05) is 0 Å². The monoisotopic (exact) mass is 918 g/mol. The van der Waals surface area contributed by atoms with Crippen LogP contribution in [0.25, 0.3) is 11.1 Å². The van der Waals surface area contributed by atoms with Gasteiger partial charge in [-0.3, -0.25) is 0 Å². The van der Waals surface area contributed by atoms with Gasteiger partial charge >= 0.3 is 339 Å². The molecule has 0 amide bonds. The molecule has 0 spiro atoms.